The summed E-state index contributed by atoms with van der Waals surface area (Å²) in [5.41, 5.74) is 1.31. The van der Waals surface area contributed by atoms with Crippen molar-refractivity contribution in [2.24, 2.45) is 17.8 Å². The number of carboxylic acid groups (broad SMARTS) is 1. The maximum absolute atomic E-state index is 12.1. The Labute approximate surface area is 170 Å². The SMILES string of the molecule is CC[C@@H]1CCC[C@@H]2CN(c3ccc(-c4[nH]c(=O)c(C(=O)O)c(O)c4C)cc3)C[C@H]12. The molecule has 1 aliphatic carbocycles. The van der Waals surface area contributed by atoms with E-state index < -0.39 is 22.8 Å². The molecule has 1 saturated carbocycles. The fourth-order valence-electron chi connectivity index (χ4n) is 5.32. The maximum atomic E-state index is 12.1. The molecule has 0 radical (unpaired) electrons. The van der Waals surface area contributed by atoms with E-state index >= 15 is 0 Å². The highest BCUT2D eigenvalue weighted by Crippen LogP contribution is 2.43. The van der Waals surface area contributed by atoms with Crippen LogP contribution in [-0.4, -0.2) is 34.3 Å². The molecule has 0 unspecified atom stereocenters. The first-order chi connectivity index (χ1) is 13.9. The van der Waals surface area contributed by atoms with Crippen LogP contribution in [0.2, 0.25) is 0 Å². The van der Waals surface area contributed by atoms with Gasteiger partial charge in [-0.2, -0.15) is 0 Å². The van der Waals surface area contributed by atoms with Crippen LogP contribution in [0.15, 0.2) is 29.1 Å². The van der Waals surface area contributed by atoms with Crippen LogP contribution in [0, 0.1) is 24.7 Å². The van der Waals surface area contributed by atoms with Gasteiger partial charge in [-0.1, -0.05) is 38.3 Å². The van der Waals surface area contributed by atoms with Crippen molar-refractivity contribution in [3.63, 3.8) is 0 Å². The number of carbonyl (C=O) groups is 1. The van der Waals surface area contributed by atoms with Gasteiger partial charge in [0.25, 0.3) is 5.56 Å². The molecule has 1 aromatic carbocycles. The van der Waals surface area contributed by atoms with E-state index in [1.807, 2.05) is 24.3 Å². The highest BCUT2D eigenvalue weighted by Gasteiger charge is 2.39. The number of carboxylic acids is 1. The average molecular weight is 396 g/mol. The van der Waals surface area contributed by atoms with Crippen molar-refractivity contribution in [2.45, 2.75) is 39.5 Å². The Morgan fingerprint density at radius 1 is 1.21 bits per heavy atom. The predicted octanol–water partition coefficient (Wildman–Crippen LogP) is 4.02. The molecule has 0 spiro atoms. The molecule has 154 valence electrons. The normalized spacial score (nSPS) is 23.8. The van der Waals surface area contributed by atoms with E-state index in [1.54, 1.807) is 6.92 Å². The minimum Gasteiger partial charge on any atom is -0.506 e. The minimum absolute atomic E-state index is 0.354. The van der Waals surface area contributed by atoms with E-state index in [2.05, 4.69) is 16.8 Å². The summed E-state index contributed by atoms with van der Waals surface area (Å²) in [4.78, 5) is 28.4. The van der Waals surface area contributed by atoms with E-state index in [0.717, 1.165) is 36.4 Å². The Morgan fingerprint density at radius 2 is 1.93 bits per heavy atom. The molecule has 6 nitrogen and oxygen atoms in total. The third-order valence-corrected chi connectivity index (χ3v) is 6.94. The fourth-order valence-corrected chi connectivity index (χ4v) is 5.32. The van der Waals surface area contributed by atoms with Crippen molar-refractivity contribution in [1.29, 1.82) is 0 Å². The molecule has 2 fully saturated rings. The van der Waals surface area contributed by atoms with Crippen LogP contribution >= 0.6 is 0 Å². The van der Waals surface area contributed by atoms with Crippen LogP contribution in [0.3, 0.4) is 0 Å². The molecule has 2 aromatic rings. The van der Waals surface area contributed by atoms with Crippen LogP contribution in [0.1, 0.15) is 48.5 Å². The highest BCUT2D eigenvalue weighted by molar-refractivity contribution is 5.91. The first kappa shape index (κ1) is 19.6. The topological polar surface area (TPSA) is 93.6 Å². The first-order valence-electron chi connectivity index (χ1n) is 10.4. The second kappa shape index (κ2) is 7.58. The van der Waals surface area contributed by atoms with Gasteiger partial charge in [-0.25, -0.2) is 4.79 Å². The van der Waals surface area contributed by atoms with Gasteiger partial charge in [0.2, 0.25) is 0 Å². The van der Waals surface area contributed by atoms with Crippen molar-refractivity contribution < 1.29 is 15.0 Å². The van der Waals surface area contributed by atoms with E-state index in [-0.39, 0.29) is 0 Å². The van der Waals surface area contributed by atoms with E-state index in [4.69, 9.17) is 5.11 Å². The van der Waals surface area contributed by atoms with Crippen LogP contribution in [0.5, 0.6) is 5.75 Å². The second-order valence-electron chi connectivity index (χ2n) is 8.46. The molecule has 0 bridgehead atoms. The number of nitrogens with zero attached hydrogens (tertiary/aromatic N) is 1. The minimum atomic E-state index is -1.44. The van der Waals surface area contributed by atoms with Crippen LogP contribution in [-0.2, 0) is 0 Å². The van der Waals surface area contributed by atoms with Crippen molar-refractivity contribution in [3.8, 4) is 17.0 Å². The summed E-state index contributed by atoms with van der Waals surface area (Å²) in [7, 11) is 0. The Kier molecular flexibility index (Phi) is 5.11. The summed E-state index contributed by atoms with van der Waals surface area (Å²) in [6, 6.07) is 7.95. The number of benzene rings is 1. The van der Waals surface area contributed by atoms with Gasteiger partial charge in [-0.05, 0) is 48.8 Å². The molecule has 3 N–H and O–H groups in total. The standard InChI is InChI=1S/C23H28N2O4/c1-3-14-5-4-6-16-11-25(12-18(14)16)17-9-7-15(8-10-17)20-13(2)21(26)19(23(28)29)22(27)24-20/h7-10,14,16,18H,3-6,11-12H2,1-2H3,(H,28,29)(H2,24,26,27)/t14-,16-,18-/m1/s1. The largest absolute Gasteiger partial charge is 0.506 e. The summed E-state index contributed by atoms with van der Waals surface area (Å²) >= 11 is 0. The quantitative estimate of drug-likeness (QED) is 0.726. The number of H-pyrrole nitrogens is 1. The van der Waals surface area contributed by atoms with Gasteiger partial charge in [0.1, 0.15) is 5.75 Å². The zero-order valence-electron chi connectivity index (χ0n) is 16.9. The number of nitrogens with one attached hydrogen (secondary N) is 1. The Balaban J connectivity index is 1.59. The molecule has 2 heterocycles. The summed E-state index contributed by atoms with van der Waals surface area (Å²) in [6.07, 6.45) is 5.28. The number of aromatic amines is 1. The number of pyridine rings is 1. The monoisotopic (exact) mass is 396 g/mol. The van der Waals surface area contributed by atoms with Crippen molar-refractivity contribution in [1.82, 2.24) is 4.98 Å². The molecule has 6 heteroatoms. The van der Waals surface area contributed by atoms with Gasteiger partial charge < -0.3 is 20.1 Å². The van der Waals surface area contributed by atoms with Gasteiger partial charge >= 0.3 is 5.97 Å². The van der Waals surface area contributed by atoms with Crippen molar-refractivity contribution in [2.75, 3.05) is 18.0 Å². The second-order valence-corrected chi connectivity index (χ2v) is 8.46. The molecule has 1 aliphatic heterocycles. The van der Waals surface area contributed by atoms with Crippen LogP contribution in [0.4, 0.5) is 5.69 Å². The third-order valence-electron chi connectivity index (χ3n) is 6.94. The summed E-state index contributed by atoms with van der Waals surface area (Å²) in [6.45, 7) is 6.12. The smallest absolute Gasteiger partial charge is 0.345 e. The zero-order chi connectivity index (χ0) is 20.7. The van der Waals surface area contributed by atoms with Gasteiger partial charge in [-0.3, -0.25) is 4.79 Å². The Bertz CT molecular complexity index is 980. The summed E-state index contributed by atoms with van der Waals surface area (Å²) in [5.74, 6) is 0.491. The lowest BCUT2D eigenvalue weighted by molar-refractivity contribution is 0.0691. The van der Waals surface area contributed by atoms with Crippen LogP contribution in [0.25, 0.3) is 11.3 Å². The number of fused-ring (bicyclic) bond motifs is 1. The van der Waals surface area contributed by atoms with E-state index in [0.29, 0.717) is 11.3 Å². The number of aromatic nitrogens is 1. The lowest BCUT2D eigenvalue weighted by Crippen LogP contribution is -2.26. The Hall–Kier alpha value is -2.76. The molecular formula is C23H28N2O4. The first-order valence-corrected chi connectivity index (χ1v) is 10.4. The van der Waals surface area contributed by atoms with E-state index in [1.165, 1.54) is 31.4 Å². The molecule has 1 saturated heterocycles. The van der Waals surface area contributed by atoms with Gasteiger partial charge in [-0.15, -0.1) is 0 Å². The van der Waals surface area contributed by atoms with Gasteiger partial charge in [0.05, 0.1) is 5.69 Å². The van der Waals surface area contributed by atoms with Crippen LogP contribution < -0.4 is 10.5 Å². The Morgan fingerprint density at radius 3 is 2.59 bits per heavy atom. The number of hydrogen-bond donors (Lipinski definition) is 3. The summed E-state index contributed by atoms with van der Waals surface area (Å²) < 4.78 is 0. The number of anilines is 1. The molecule has 0 amide bonds. The van der Waals surface area contributed by atoms with E-state index in [9.17, 15) is 14.7 Å². The average Bonchev–Trinajstić information content (AvgIpc) is 3.15. The molecule has 3 atom stereocenters. The van der Waals surface area contributed by atoms with Gasteiger partial charge in [0, 0.05) is 24.3 Å². The molecule has 4 rings (SSSR count). The van der Waals surface area contributed by atoms with Crippen molar-refractivity contribution in [3.05, 3.63) is 45.7 Å². The molecule has 2 aliphatic rings. The third kappa shape index (κ3) is 3.41. The van der Waals surface area contributed by atoms with Gasteiger partial charge in [0.15, 0.2) is 5.56 Å². The zero-order valence-corrected chi connectivity index (χ0v) is 16.9. The molecule has 29 heavy (non-hydrogen) atoms. The van der Waals surface area contributed by atoms with Crippen molar-refractivity contribution >= 4 is 11.7 Å². The lowest BCUT2D eigenvalue weighted by Gasteiger charge is -2.31. The fraction of sp³-hybridized carbons (Fsp3) is 0.478. The molecule has 1 aromatic heterocycles. The maximum Gasteiger partial charge on any atom is 0.345 e. The number of aromatic carboxylic acids is 1. The number of rotatable bonds is 4. The predicted molar refractivity (Wildman–Crippen MR) is 113 cm³/mol. The summed E-state index contributed by atoms with van der Waals surface area (Å²) in [5, 5.41) is 19.3. The number of hydrogen-bond acceptors (Lipinski definition) is 4. The number of aromatic hydroxyl groups is 1. The highest BCUT2D eigenvalue weighted by atomic mass is 16.4. The lowest BCUT2D eigenvalue weighted by atomic mass is 9.73. The molecular weight excluding hydrogens is 368 g/mol.